The summed E-state index contributed by atoms with van der Waals surface area (Å²) in [5.41, 5.74) is 0. The predicted octanol–water partition coefficient (Wildman–Crippen LogP) is 0.828. The van der Waals surface area contributed by atoms with Crippen molar-refractivity contribution in [2.75, 3.05) is 20.3 Å². The van der Waals surface area contributed by atoms with E-state index in [1.807, 2.05) is 11.7 Å². The van der Waals surface area contributed by atoms with Gasteiger partial charge in [0.2, 0.25) is 0 Å². The van der Waals surface area contributed by atoms with Crippen LogP contribution >= 0.6 is 0 Å². The molecule has 1 atom stereocenters. The van der Waals surface area contributed by atoms with Gasteiger partial charge in [0.25, 0.3) is 0 Å². The van der Waals surface area contributed by atoms with Crippen LogP contribution in [0.2, 0.25) is 0 Å². The molecule has 1 aromatic rings. The fourth-order valence-electron chi connectivity index (χ4n) is 2.24. The van der Waals surface area contributed by atoms with Crippen LogP contribution in [0, 0.1) is 5.92 Å². The summed E-state index contributed by atoms with van der Waals surface area (Å²) in [6, 6.07) is 0.290. The number of nitrogens with zero attached hydrogens (tertiary/aromatic N) is 3. The van der Waals surface area contributed by atoms with E-state index < -0.39 is 0 Å². The molecule has 0 aromatic carbocycles. The second kappa shape index (κ2) is 6.98. The summed E-state index contributed by atoms with van der Waals surface area (Å²) >= 11 is 0. The molecule has 0 radical (unpaired) electrons. The second-order valence-corrected chi connectivity index (χ2v) is 5.35. The van der Waals surface area contributed by atoms with Crippen molar-refractivity contribution in [2.45, 2.75) is 45.6 Å². The number of rotatable bonds is 7. The Morgan fingerprint density at radius 1 is 1.42 bits per heavy atom. The van der Waals surface area contributed by atoms with E-state index in [1.54, 1.807) is 6.33 Å². The second-order valence-electron chi connectivity index (χ2n) is 5.35. The van der Waals surface area contributed by atoms with Crippen LogP contribution in [0.3, 0.4) is 0 Å². The molecule has 1 aromatic heterocycles. The fourth-order valence-corrected chi connectivity index (χ4v) is 2.24. The number of hydrogen-bond acceptors (Lipinski definition) is 5. The van der Waals surface area contributed by atoms with Crippen LogP contribution in [0.15, 0.2) is 6.33 Å². The Kier molecular flexibility index (Phi) is 5.30. The van der Waals surface area contributed by atoms with Gasteiger partial charge < -0.3 is 14.8 Å². The lowest BCUT2D eigenvalue weighted by Gasteiger charge is -2.19. The van der Waals surface area contributed by atoms with Gasteiger partial charge >= 0.3 is 0 Å². The highest BCUT2D eigenvalue weighted by atomic mass is 16.7. The zero-order valence-corrected chi connectivity index (χ0v) is 12.0. The molecule has 19 heavy (non-hydrogen) atoms. The van der Waals surface area contributed by atoms with Gasteiger partial charge in [-0.1, -0.05) is 13.8 Å². The monoisotopic (exact) mass is 268 g/mol. The maximum atomic E-state index is 5.49. The first kappa shape index (κ1) is 14.4. The van der Waals surface area contributed by atoms with Crippen molar-refractivity contribution >= 4 is 0 Å². The maximum absolute atomic E-state index is 5.49. The molecule has 0 amide bonds. The number of likely N-dealkylation sites (N-methyl/N-ethyl adjacent to an activating group) is 1. The number of hydrogen-bond donors (Lipinski definition) is 1. The third kappa shape index (κ3) is 4.26. The molecule has 0 saturated carbocycles. The molecule has 1 unspecified atom stereocenters. The van der Waals surface area contributed by atoms with Crippen molar-refractivity contribution in [1.29, 1.82) is 0 Å². The molecule has 2 heterocycles. The largest absolute Gasteiger partial charge is 0.350 e. The molecule has 108 valence electrons. The first-order valence-electron chi connectivity index (χ1n) is 6.96. The summed E-state index contributed by atoms with van der Waals surface area (Å²) in [4.78, 5) is 4.36. The van der Waals surface area contributed by atoms with Gasteiger partial charge in [-0.3, -0.25) is 0 Å². The number of ether oxygens (including phenoxy) is 2. The van der Waals surface area contributed by atoms with Crippen LogP contribution < -0.4 is 5.32 Å². The van der Waals surface area contributed by atoms with E-state index in [0.717, 1.165) is 25.2 Å². The molecule has 1 fully saturated rings. The van der Waals surface area contributed by atoms with E-state index in [-0.39, 0.29) is 6.29 Å². The first-order valence-corrected chi connectivity index (χ1v) is 6.96. The molecule has 6 nitrogen and oxygen atoms in total. The van der Waals surface area contributed by atoms with Crippen molar-refractivity contribution < 1.29 is 9.47 Å². The lowest BCUT2D eigenvalue weighted by Crippen LogP contribution is -2.33. The van der Waals surface area contributed by atoms with Gasteiger partial charge in [0.15, 0.2) is 6.29 Å². The Bertz CT molecular complexity index is 374. The van der Waals surface area contributed by atoms with Gasteiger partial charge in [-0.25, -0.2) is 9.67 Å². The molecular formula is C13H24N4O2. The van der Waals surface area contributed by atoms with E-state index in [1.165, 1.54) is 0 Å². The van der Waals surface area contributed by atoms with E-state index >= 15 is 0 Å². The van der Waals surface area contributed by atoms with Crippen LogP contribution in [0.25, 0.3) is 0 Å². The predicted molar refractivity (Wildman–Crippen MR) is 71.7 cm³/mol. The smallest absolute Gasteiger partial charge is 0.159 e. The third-order valence-electron chi connectivity index (χ3n) is 3.24. The highest BCUT2D eigenvalue weighted by molar-refractivity contribution is 4.90. The Labute approximate surface area is 114 Å². The summed E-state index contributed by atoms with van der Waals surface area (Å²) in [6.45, 7) is 6.67. The summed E-state index contributed by atoms with van der Waals surface area (Å²) in [5.74, 6) is 1.58. The molecule has 1 N–H and O–H groups in total. The molecule has 0 aliphatic carbocycles. The highest BCUT2D eigenvalue weighted by Gasteiger charge is 2.22. The molecule has 1 saturated heterocycles. The SMILES string of the molecule is CNC(Cc1ncnn1CC(C)C)CC1OCCO1. The molecular weight excluding hydrogens is 244 g/mol. The molecule has 6 heteroatoms. The number of nitrogens with one attached hydrogen (secondary N) is 1. The van der Waals surface area contributed by atoms with Crippen LogP contribution in [0.5, 0.6) is 0 Å². The summed E-state index contributed by atoms with van der Waals surface area (Å²) in [6.07, 6.45) is 3.23. The summed E-state index contributed by atoms with van der Waals surface area (Å²) < 4.78 is 13.0. The summed E-state index contributed by atoms with van der Waals surface area (Å²) in [5, 5.41) is 7.60. The van der Waals surface area contributed by atoms with E-state index in [9.17, 15) is 0 Å². The highest BCUT2D eigenvalue weighted by Crippen LogP contribution is 2.13. The van der Waals surface area contributed by atoms with E-state index in [4.69, 9.17) is 9.47 Å². The van der Waals surface area contributed by atoms with Crippen molar-refractivity contribution in [3.05, 3.63) is 12.2 Å². The Morgan fingerprint density at radius 2 is 2.16 bits per heavy atom. The fraction of sp³-hybridized carbons (Fsp3) is 0.846. The summed E-state index contributed by atoms with van der Waals surface area (Å²) in [7, 11) is 1.96. The van der Waals surface area contributed by atoms with Crippen LogP contribution in [-0.2, 0) is 22.4 Å². The molecule has 0 spiro atoms. The van der Waals surface area contributed by atoms with Crippen molar-refractivity contribution in [3.8, 4) is 0 Å². The molecule has 1 aliphatic rings. The first-order chi connectivity index (χ1) is 9.19. The van der Waals surface area contributed by atoms with Crippen molar-refractivity contribution in [3.63, 3.8) is 0 Å². The molecule has 0 bridgehead atoms. The molecule has 2 rings (SSSR count). The van der Waals surface area contributed by atoms with Gasteiger partial charge in [-0.15, -0.1) is 0 Å². The Hall–Kier alpha value is -0.980. The van der Waals surface area contributed by atoms with Crippen LogP contribution in [0.1, 0.15) is 26.1 Å². The van der Waals surface area contributed by atoms with Gasteiger partial charge in [0.1, 0.15) is 12.2 Å². The van der Waals surface area contributed by atoms with E-state index in [2.05, 4.69) is 29.2 Å². The lowest BCUT2D eigenvalue weighted by atomic mass is 10.1. The zero-order valence-electron chi connectivity index (χ0n) is 12.0. The van der Waals surface area contributed by atoms with Crippen molar-refractivity contribution in [1.82, 2.24) is 20.1 Å². The van der Waals surface area contributed by atoms with Crippen LogP contribution in [0.4, 0.5) is 0 Å². The standard InChI is InChI=1S/C13H24N4O2/c1-10(2)8-17-12(15-9-16-17)6-11(14-3)7-13-18-4-5-19-13/h9-11,13-14H,4-8H2,1-3H3. The minimum atomic E-state index is -0.0843. The van der Waals surface area contributed by atoms with Gasteiger partial charge in [0.05, 0.1) is 13.2 Å². The average molecular weight is 268 g/mol. The normalized spacial score (nSPS) is 18.3. The molecule has 1 aliphatic heterocycles. The third-order valence-corrected chi connectivity index (χ3v) is 3.24. The topological polar surface area (TPSA) is 61.2 Å². The van der Waals surface area contributed by atoms with Crippen LogP contribution in [-0.4, -0.2) is 47.4 Å². The van der Waals surface area contributed by atoms with E-state index in [0.29, 0.717) is 25.2 Å². The lowest BCUT2D eigenvalue weighted by molar-refractivity contribution is -0.0524. The average Bonchev–Trinajstić information content (AvgIpc) is 3.00. The van der Waals surface area contributed by atoms with Gasteiger partial charge in [-0.05, 0) is 13.0 Å². The van der Waals surface area contributed by atoms with Gasteiger partial charge in [0, 0.05) is 25.4 Å². The Morgan fingerprint density at radius 3 is 2.79 bits per heavy atom. The maximum Gasteiger partial charge on any atom is 0.159 e. The van der Waals surface area contributed by atoms with Gasteiger partial charge in [-0.2, -0.15) is 5.10 Å². The minimum Gasteiger partial charge on any atom is -0.350 e. The number of aromatic nitrogens is 3. The van der Waals surface area contributed by atoms with Crippen molar-refractivity contribution in [2.24, 2.45) is 5.92 Å². The zero-order chi connectivity index (χ0) is 13.7. The quantitative estimate of drug-likeness (QED) is 0.793. The Balaban J connectivity index is 1.91. The minimum absolute atomic E-state index is 0.0843.